The van der Waals surface area contributed by atoms with E-state index in [-0.39, 0.29) is 5.82 Å². The number of anilines is 3. The number of halogens is 1. The van der Waals surface area contributed by atoms with Crippen LogP contribution >= 0.6 is 0 Å². The molecule has 6 heteroatoms. The minimum Gasteiger partial charge on any atom is -0.370 e. The van der Waals surface area contributed by atoms with Crippen molar-refractivity contribution in [3.63, 3.8) is 0 Å². The molecule has 0 saturated heterocycles. The molecule has 0 unspecified atom stereocenters. The number of pyridine rings is 1. The molecule has 28 heavy (non-hydrogen) atoms. The van der Waals surface area contributed by atoms with Gasteiger partial charge in [0.2, 0.25) is 0 Å². The summed E-state index contributed by atoms with van der Waals surface area (Å²) in [6.07, 6.45) is 2.56. The molecule has 0 aliphatic rings. The highest BCUT2D eigenvalue weighted by atomic mass is 19.1. The topological polar surface area (TPSA) is 62.7 Å². The first kappa shape index (κ1) is 17.9. The van der Waals surface area contributed by atoms with Crippen LogP contribution in [0.15, 0.2) is 66.9 Å². The van der Waals surface area contributed by atoms with E-state index in [2.05, 4.69) is 25.6 Å². The van der Waals surface area contributed by atoms with Gasteiger partial charge in [0.05, 0.1) is 11.2 Å². The number of benzene rings is 2. The molecule has 0 spiro atoms. The maximum atomic E-state index is 13.0. The van der Waals surface area contributed by atoms with Crippen molar-refractivity contribution in [2.24, 2.45) is 0 Å². The summed E-state index contributed by atoms with van der Waals surface area (Å²) in [5.74, 6) is 1.89. The quantitative estimate of drug-likeness (QED) is 0.505. The van der Waals surface area contributed by atoms with Crippen LogP contribution in [-0.4, -0.2) is 21.5 Å². The molecule has 0 aliphatic heterocycles. The van der Waals surface area contributed by atoms with Crippen LogP contribution in [0.2, 0.25) is 0 Å². The Bertz CT molecular complexity index is 1090. The molecule has 0 fully saturated rings. The number of nitrogens with zero attached hydrogens (tertiary/aromatic N) is 3. The van der Waals surface area contributed by atoms with E-state index in [1.165, 1.54) is 12.1 Å². The monoisotopic (exact) mass is 373 g/mol. The zero-order valence-corrected chi connectivity index (χ0v) is 15.5. The predicted molar refractivity (Wildman–Crippen MR) is 110 cm³/mol. The molecule has 2 aromatic carbocycles. The van der Waals surface area contributed by atoms with Gasteiger partial charge >= 0.3 is 0 Å². The van der Waals surface area contributed by atoms with E-state index in [9.17, 15) is 4.39 Å². The SMILES string of the molecule is Cc1nc(NCCc2ccc(F)cc2)cc(Nc2cccc3cccnc23)n1. The molecular formula is C22H20FN5. The molecular weight excluding hydrogens is 353 g/mol. The van der Waals surface area contributed by atoms with Crippen molar-refractivity contribution in [2.75, 3.05) is 17.2 Å². The summed E-state index contributed by atoms with van der Waals surface area (Å²) >= 11 is 0. The second-order valence-electron chi connectivity index (χ2n) is 6.49. The summed E-state index contributed by atoms with van der Waals surface area (Å²) in [6, 6.07) is 18.4. The first-order chi connectivity index (χ1) is 13.7. The van der Waals surface area contributed by atoms with Gasteiger partial charge < -0.3 is 10.6 Å². The van der Waals surface area contributed by atoms with E-state index in [1.54, 1.807) is 18.3 Å². The fraction of sp³-hybridized carbons (Fsp3) is 0.136. The molecule has 4 aromatic rings. The summed E-state index contributed by atoms with van der Waals surface area (Å²) in [5.41, 5.74) is 2.86. The van der Waals surface area contributed by atoms with Gasteiger partial charge in [0.15, 0.2) is 0 Å². The van der Waals surface area contributed by atoms with Crippen LogP contribution in [0.5, 0.6) is 0 Å². The van der Waals surface area contributed by atoms with Crippen molar-refractivity contribution in [1.82, 2.24) is 15.0 Å². The summed E-state index contributed by atoms with van der Waals surface area (Å²) in [5, 5.41) is 7.72. The van der Waals surface area contributed by atoms with Crippen LogP contribution in [0.1, 0.15) is 11.4 Å². The first-order valence-electron chi connectivity index (χ1n) is 9.12. The van der Waals surface area contributed by atoms with Crippen molar-refractivity contribution in [3.05, 3.63) is 84.1 Å². The van der Waals surface area contributed by atoms with Crippen LogP contribution in [0.25, 0.3) is 10.9 Å². The molecule has 0 amide bonds. The van der Waals surface area contributed by atoms with Crippen LogP contribution in [0.4, 0.5) is 21.7 Å². The normalized spacial score (nSPS) is 10.8. The molecule has 4 rings (SSSR count). The Kier molecular flexibility index (Phi) is 5.10. The lowest BCUT2D eigenvalue weighted by Crippen LogP contribution is -2.08. The minimum absolute atomic E-state index is 0.221. The number of nitrogens with one attached hydrogen (secondary N) is 2. The predicted octanol–water partition coefficient (Wildman–Crippen LogP) is 4.87. The van der Waals surface area contributed by atoms with E-state index in [0.717, 1.165) is 34.4 Å². The minimum atomic E-state index is -0.221. The number of aromatic nitrogens is 3. The van der Waals surface area contributed by atoms with Crippen LogP contribution in [0.3, 0.4) is 0 Å². The molecule has 0 saturated carbocycles. The Morgan fingerprint density at radius 2 is 1.71 bits per heavy atom. The average molecular weight is 373 g/mol. The zero-order valence-electron chi connectivity index (χ0n) is 15.5. The summed E-state index contributed by atoms with van der Waals surface area (Å²) in [4.78, 5) is 13.4. The van der Waals surface area contributed by atoms with Gasteiger partial charge in [-0.3, -0.25) is 4.98 Å². The third-order valence-corrected chi connectivity index (χ3v) is 4.37. The van der Waals surface area contributed by atoms with E-state index in [0.29, 0.717) is 18.2 Å². The Labute approximate surface area is 162 Å². The molecule has 0 bridgehead atoms. The van der Waals surface area contributed by atoms with Crippen LogP contribution in [-0.2, 0) is 6.42 Å². The fourth-order valence-electron chi connectivity index (χ4n) is 3.05. The van der Waals surface area contributed by atoms with Gasteiger partial charge in [0.25, 0.3) is 0 Å². The van der Waals surface area contributed by atoms with Gasteiger partial charge in [-0.15, -0.1) is 0 Å². The summed E-state index contributed by atoms with van der Waals surface area (Å²) in [6.45, 7) is 2.55. The fourth-order valence-corrected chi connectivity index (χ4v) is 3.05. The van der Waals surface area contributed by atoms with Crippen molar-refractivity contribution in [3.8, 4) is 0 Å². The number of fused-ring (bicyclic) bond motifs is 1. The summed E-state index contributed by atoms with van der Waals surface area (Å²) in [7, 11) is 0. The Balaban J connectivity index is 1.48. The lowest BCUT2D eigenvalue weighted by molar-refractivity contribution is 0.627. The zero-order chi connectivity index (χ0) is 19.3. The molecule has 0 aliphatic carbocycles. The lowest BCUT2D eigenvalue weighted by Gasteiger charge is -2.11. The Hall–Kier alpha value is -3.54. The molecule has 140 valence electrons. The van der Waals surface area contributed by atoms with Gasteiger partial charge in [-0.05, 0) is 43.2 Å². The van der Waals surface area contributed by atoms with Crippen molar-refractivity contribution in [1.29, 1.82) is 0 Å². The molecule has 2 N–H and O–H groups in total. The number of para-hydroxylation sites is 1. The van der Waals surface area contributed by atoms with Crippen molar-refractivity contribution in [2.45, 2.75) is 13.3 Å². The third kappa shape index (κ3) is 4.23. The molecule has 2 aromatic heterocycles. The third-order valence-electron chi connectivity index (χ3n) is 4.37. The summed E-state index contributed by atoms with van der Waals surface area (Å²) < 4.78 is 13.0. The maximum absolute atomic E-state index is 13.0. The molecule has 5 nitrogen and oxygen atoms in total. The lowest BCUT2D eigenvalue weighted by atomic mass is 10.1. The molecule has 0 radical (unpaired) electrons. The van der Waals surface area contributed by atoms with E-state index >= 15 is 0 Å². The Morgan fingerprint density at radius 3 is 2.57 bits per heavy atom. The van der Waals surface area contributed by atoms with E-state index in [1.807, 2.05) is 43.3 Å². The van der Waals surface area contributed by atoms with Crippen LogP contribution < -0.4 is 10.6 Å². The van der Waals surface area contributed by atoms with Gasteiger partial charge in [0, 0.05) is 24.2 Å². The van der Waals surface area contributed by atoms with Gasteiger partial charge in [-0.25, -0.2) is 14.4 Å². The molecule has 2 heterocycles. The number of hydrogen-bond donors (Lipinski definition) is 2. The smallest absolute Gasteiger partial charge is 0.136 e. The highest BCUT2D eigenvalue weighted by Crippen LogP contribution is 2.24. The highest BCUT2D eigenvalue weighted by molar-refractivity contribution is 5.91. The van der Waals surface area contributed by atoms with E-state index in [4.69, 9.17) is 0 Å². The number of hydrogen-bond acceptors (Lipinski definition) is 5. The standard InChI is InChI=1S/C22H20FN5/c1-15-26-20(24-13-11-16-7-9-18(23)10-8-16)14-21(27-15)28-19-6-2-4-17-5-3-12-25-22(17)19/h2-10,12,14H,11,13H2,1H3,(H2,24,26,27,28). The second kappa shape index (κ2) is 8.00. The largest absolute Gasteiger partial charge is 0.370 e. The average Bonchev–Trinajstić information content (AvgIpc) is 2.69. The number of rotatable bonds is 6. The van der Waals surface area contributed by atoms with Gasteiger partial charge in [-0.2, -0.15) is 0 Å². The number of aryl methyl sites for hydroxylation is 1. The first-order valence-corrected chi connectivity index (χ1v) is 9.12. The Morgan fingerprint density at radius 1 is 0.929 bits per heavy atom. The highest BCUT2D eigenvalue weighted by Gasteiger charge is 2.06. The van der Waals surface area contributed by atoms with Crippen LogP contribution in [0, 0.1) is 12.7 Å². The second-order valence-corrected chi connectivity index (χ2v) is 6.49. The van der Waals surface area contributed by atoms with E-state index < -0.39 is 0 Å². The van der Waals surface area contributed by atoms with Crippen molar-refractivity contribution < 1.29 is 4.39 Å². The van der Waals surface area contributed by atoms with Gasteiger partial charge in [0.1, 0.15) is 23.3 Å². The maximum Gasteiger partial charge on any atom is 0.136 e. The van der Waals surface area contributed by atoms with Crippen molar-refractivity contribution >= 4 is 28.2 Å². The molecule has 0 atom stereocenters. The van der Waals surface area contributed by atoms with Gasteiger partial charge in [-0.1, -0.05) is 30.3 Å².